The third-order valence-corrected chi connectivity index (χ3v) is 3.72. The van der Waals surface area contributed by atoms with Crippen LogP contribution in [0.5, 0.6) is 11.5 Å². The van der Waals surface area contributed by atoms with Crippen molar-refractivity contribution in [3.8, 4) is 11.5 Å². The smallest absolute Gasteiger partial charge is 0.343 e. The maximum absolute atomic E-state index is 12.7. The Morgan fingerprint density at radius 1 is 1.28 bits per heavy atom. The maximum Gasteiger partial charge on any atom is 0.343 e. The molecule has 1 aromatic carbocycles. The summed E-state index contributed by atoms with van der Waals surface area (Å²) in [6.45, 7) is 6.24. The van der Waals surface area contributed by atoms with Crippen LogP contribution in [0.2, 0.25) is 0 Å². The summed E-state index contributed by atoms with van der Waals surface area (Å²) < 4.78 is 15.5. The van der Waals surface area contributed by atoms with Crippen LogP contribution in [-0.4, -0.2) is 62.8 Å². The number of hydrogen-bond acceptors (Lipinski definition) is 6. The van der Waals surface area contributed by atoms with Crippen LogP contribution in [0.1, 0.15) is 24.2 Å². The van der Waals surface area contributed by atoms with Crippen LogP contribution in [0.25, 0.3) is 0 Å². The Morgan fingerprint density at radius 2 is 2.04 bits per heavy atom. The van der Waals surface area contributed by atoms with E-state index in [4.69, 9.17) is 9.47 Å². The summed E-state index contributed by atoms with van der Waals surface area (Å²) >= 11 is 0. The molecule has 1 amide bonds. The van der Waals surface area contributed by atoms with E-state index < -0.39 is 5.97 Å². The number of rotatable bonds is 6. The molecule has 0 bridgehead atoms. The highest BCUT2D eigenvalue weighted by atomic mass is 35.5. The first kappa shape index (κ1) is 21.1. The number of hydrogen-bond donors (Lipinski definition) is 1. The van der Waals surface area contributed by atoms with E-state index in [1.54, 1.807) is 18.2 Å². The lowest BCUT2D eigenvalue weighted by Gasteiger charge is -2.32. The molecule has 0 aliphatic carbocycles. The number of esters is 1. The third-order valence-electron chi connectivity index (χ3n) is 3.72. The van der Waals surface area contributed by atoms with Gasteiger partial charge in [0.05, 0.1) is 13.7 Å². The fraction of sp³-hybridized carbons (Fsp3) is 0.529. The van der Waals surface area contributed by atoms with Gasteiger partial charge in [-0.25, -0.2) is 4.79 Å². The fourth-order valence-electron chi connectivity index (χ4n) is 2.52. The highest BCUT2D eigenvalue weighted by Crippen LogP contribution is 2.29. The van der Waals surface area contributed by atoms with Gasteiger partial charge in [0, 0.05) is 31.2 Å². The second-order valence-corrected chi connectivity index (χ2v) is 5.57. The Balaban J connectivity index is 0.00000312. The molecule has 2 rings (SSSR count). The van der Waals surface area contributed by atoms with Crippen molar-refractivity contribution in [1.29, 1.82) is 0 Å². The van der Waals surface area contributed by atoms with Gasteiger partial charge >= 0.3 is 5.97 Å². The van der Waals surface area contributed by atoms with Crippen LogP contribution in [0, 0.1) is 0 Å². The molecular weight excluding hydrogens is 348 g/mol. The summed E-state index contributed by atoms with van der Waals surface area (Å²) in [5.41, 5.74) is 0.540. The quantitative estimate of drug-likeness (QED) is 0.762. The average molecular weight is 373 g/mol. The van der Waals surface area contributed by atoms with Gasteiger partial charge in [-0.05, 0) is 32.0 Å². The van der Waals surface area contributed by atoms with Crippen LogP contribution in [0.4, 0.5) is 0 Å². The molecule has 1 aliphatic rings. The molecule has 1 atom stereocenters. The fourth-order valence-corrected chi connectivity index (χ4v) is 2.52. The minimum atomic E-state index is -0.479. The van der Waals surface area contributed by atoms with Gasteiger partial charge in [-0.15, -0.1) is 12.4 Å². The number of nitrogens with zero attached hydrogens (tertiary/aromatic N) is 1. The van der Waals surface area contributed by atoms with Crippen LogP contribution in [0.15, 0.2) is 18.2 Å². The van der Waals surface area contributed by atoms with E-state index in [0.717, 1.165) is 6.54 Å². The van der Waals surface area contributed by atoms with Crippen molar-refractivity contribution >= 4 is 24.3 Å². The number of halogens is 1. The van der Waals surface area contributed by atoms with E-state index in [1.165, 1.54) is 7.11 Å². The van der Waals surface area contributed by atoms with Gasteiger partial charge in [0.2, 0.25) is 0 Å². The van der Waals surface area contributed by atoms with Crippen molar-refractivity contribution in [1.82, 2.24) is 10.2 Å². The van der Waals surface area contributed by atoms with Crippen LogP contribution >= 0.6 is 12.4 Å². The first-order chi connectivity index (χ1) is 11.5. The van der Waals surface area contributed by atoms with Crippen molar-refractivity contribution < 1.29 is 23.8 Å². The monoisotopic (exact) mass is 372 g/mol. The summed E-state index contributed by atoms with van der Waals surface area (Å²) in [6, 6.07) is 5.26. The molecule has 7 nitrogen and oxygen atoms in total. The molecule has 0 aromatic heterocycles. The lowest BCUT2D eigenvalue weighted by atomic mass is 10.1. The molecule has 25 heavy (non-hydrogen) atoms. The number of amides is 1. The number of nitrogens with one attached hydrogen (secondary N) is 1. The minimum Gasteiger partial charge on any atom is -0.490 e. The maximum atomic E-state index is 12.7. The SMILES string of the molecule is CCOc1cc(C(=O)N2CCN[C@H](C)C2)ccc1OCC(=O)OC.Cl. The Labute approximate surface area is 154 Å². The summed E-state index contributed by atoms with van der Waals surface area (Å²) in [7, 11) is 1.30. The minimum absolute atomic E-state index is 0. The van der Waals surface area contributed by atoms with E-state index >= 15 is 0 Å². The average Bonchev–Trinajstić information content (AvgIpc) is 2.60. The number of carbonyl (C=O) groups excluding carboxylic acids is 2. The van der Waals surface area contributed by atoms with Crippen molar-refractivity contribution in [3.05, 3.63) is 23.8 Å². The highest BCUT2D eigenvalue weighted by Gasteiger charge is 2.22. The topological polar surface area (TPSA) is 77.1 Å². The van der Waals surface area contributed by atoms with Gasteiger partial charge in [-0.3, -0.25) is 4.79 Å². The van der Waals surface area contributed by atoms with Gasteiger partial charge in [0.15, 0.2) is 18.1 Å². The number of carbonyl (C=O) groups is 2. The van der Waals surface area contributed by atoms with Gasteiger partial charge < -0.3 is 24.4 Å². The Hall–Kier alpha value is -1.99. The van der Waals surface area contributed by atoms with E-state index in [0.29, 0.717) is 36.8 Å². The molecule has 1 fully saturated rings. The Kier molecular flexibility index (Phi) is 8.51. The number of benzene rings is 1. The first-order valence-electron chi connectivity index (χ1n) is 8.04. The second-order valence-electron chi connectivity index (χ2n) is 5.57. The Bertz CT molecular complexity index is 596. The van der Waals surface area contributed by atoms with Gasteiger partial charge in [0.25, 0.3) is 5.91 Å². The summed E-state index contributed by atoms with van der Waals surface area (Å²) in [4.78, 5) is 25.7. The summed E-state index contributed by atoms with van der Waals surface area (Å²) in [5.74, 6) is 0.333. The molecule has 1 saturated heterocycles. The van der Waals surface area contributed by atoms with E-state index in [1.807, 2.05) is 11.8 Å². The second kappa shape index (κ2) is 10.1. The molecule has 8 heteroatoms. The van der Waals surface area contributed by atoms with Crippen molar-refractivity contribution in [3.63, 3.8) is 0 Å². The van der Waals surface area contributed by atoms with E-state index in [2.05, 4.69) is 17.0 Å². The zero-order chi connectivity index (χ0) is 17.5. The van der Waals surface area contributed by atoms with Crippen LogP contribution < -0.4 is 14.8 Å². The van der Waals surface area contributed by atoms with Crippen LogP contribution in [-0.2, 0) is 9.53 Å². The van der Waals surface area contributed by atoms with E-state index in [-0.39, 0.29) is 31.0 Å². The zero-order valence-corrected chi connectivity index (χ0v) is 15.6. The molecule has 0 unspecified atom stereocenters. The predicted octanol–water partition coefficient (Wildman–Crippen LogP) is 1.49. The van der Waals surface area contributed by atoms with Gasteiger partial charge in [-0.2, -0.15) is 0 Å². The lowest BCUT2D eigenvalue weighted by molar-refractivity contribution is -0.142. The van der Waals surface area contributed by atoms with E-state index in [9.17, 15) is 9.59 Å². The predicted molar refractivity (Wildman–Crippen MR) is 95.7 cm³/mol. The normalized spacial score (nSPS) is 16.6. The summed E-state index contributed by atoms with van der Waals surface area (Å²) in [6.07, 6.45) is 0. The summed E-state index contributed by atoms with van der Waals surface area (Å²) in [5, 5.41) is 3.31. The largest absolute Gasteiger partial charge is 0.490 e. The molecule has 0 spiro atoms. The molecule has 1 aromatic rings. The molecule has 0 radical (unpaired) electrons. The van der Waals surface area contributed by atoms with Crippen LogP contribution in [0.3, 0.4) is 0 Å². The number of piperazine rings is 1. The zero-order valence-electron chi connectivity index (χ0n) is 14.7. The number of ether oxygens (including phenoxy) is 3. The molecule has 1 heterocycles. The van der Waals surface area contributed by atoms with Crippen molar-refractivity contribution in [2.24, 2.45) is 0 Å². The molecular formula is C17H25ClN2O5. The third kappa shape index (κ3) is 5.79. The lowest BCUT2D eigenvalue weighted by Crippen LogP contribution is -2.51. The standard InChI is InChI=1S/C17H24N2O5.ClH/c1-4-23-15-9-13(5-6-14(15)24-11-16(20)22-3)17(21)19-8-7-18-12(2)10-19;/h5-6,9,12,18H,4,7-8,10-11H2,1-3H3;1H/t12-;/m1./s1. The van der Waals surface area contributed by atoms with Gasteiger partial charge in [0.1, 0.15) is 0 Å². The molecule has 1 aliphatic heterocycles. The molecule has 140 valence electrons. The van der Waals surface area contributed by atoms with Crippen molar-refractivity contribution in [2.45, 2.75) is 19.9 Å². The molecule has 1 N–H and O–H groups in total. The van der Waals surface area contributed by atoms with Crippen molar-refractivity contribution in [2.75, 3.05) is 40.0 Å². The highest BCUT2D eigenvalue weighted by molar-refractivity contribution is 5.95. The first-order valence-corrected chi connectivity index (χ1v) is 8.04. The molecule has 0 saturated carbocycles. The Morgan fingerprint density at radius 3 is 2.68 bits per heavy atom. The van der Waals surface area contributed by atoms with Gasteiger partial charge in [-0.1, -0.05) is 0 Å². The number of methoxy groups -OCH3 is 1.